The maximum absolute atomic E-state index is 13.9. The number of benzene rings is 2. The number of nitrogens with zero attached hydrogens (tertiary/aromatic N) is 2. The van der Waals surface area contributed by atoms with Gasteiger partial charge in [-0.2, -0.15) is 0 Å². The second kappa shape index (κ2) is 6.89. The molecule has 5 nitrogen and oxygen atoms in total. The number of Topliss-reactive ketones (excluding diaryl/α,β-unsaturated/α-hetero) is 1. The van der Waals surface area contributed by atoms with Gasteiger partial charge in [-0.15, -0.1) is 0 Å². The first-order chi connectivity index (χ1) is 15.1. The second-order valence-electron chi connectivity index (χ2n) is 10.2. The van der Waals surface area contributed by atoms with Gasteiger partial charge in [0, 0.05) is 11.6 Å². The van der Waals surface area contributed by atoms with E-state index in [4.69, 9.17) is 0 Å². The number of anilines is 1. The molecule has 2 amide bonds. The predicted molar refractivity (Wildman–Crippen MR) is 124 cm³/mol. The molecular formula is C27H28N2O3. The maximum Gasteiger partial charge on any atom is 0.240 e. The third-order valence-corrected chi connectivity index (χ3v) is 7.06. The molecule has 5 rings (SSSR count). The van der Waals surface area contributed by atoms with Crippen LogP contribution in [-0.4, -0.2) is 28.5 Å². The Morgan fingerprint density at radius 3 is 2.31 bits per heavy atom. The minimum Gasteiger partial charge on any atom is -0.359 e. The Hall–Kier alpha value is -3.21. The smallest absolute Gasteiger partial charge is 0.240 e. The molecule has 0 radical (unpaired) electrons. The molecule has 2 aromatic rings. The van der Waals surface area contributed by atoms with Crippen LogP contribution >= 0.6 is 0 Å². The van der Waals surface area contributed by atoms with E-state index in [1.165, 1.54) is 4.90 Å². The van der Waals surface area contributed by atoms with Gasteiger partial charge in [0.05, 0.1) is 23.6 Å². The van der Waals surface area contributed by atoms with Crippen LogP contribution in [0.1, 0.15) is 49.1 Å². The van der Waals surface area contributed by atoms with Gasteiger partial charge in [-0.25, -0.2) is 4.90 Å². The summed E-state index contributed by atoms with van der Waals surface area (Å²) in [6.07, 6.45) is 3.88. The molecule has 3 aliphatic heterocycles. The van der Waals surface area contributed by atoms with Gasteiger partial charge in [-0.3, -0.25) is 14.4 Å². The van der Waals surface area contributed by atoms with Crippen molar-refractivity contribution in [1.29, 1.82) is 0 Å². The number of ketones is 1. The Labute approximate surface area is 188 Å². The summed E-state index contributed by atoms with van der Waals surface area (Å²) < 4.78 is 0. The molecule has 0 N–H and O–H groups in total. The van der Waals surface area contributed by atoms with Crippen molar-refractivity contribution in [2.24, 2.45) is 17.3 Å². The van der Waals surface area contributed by atoms with Crippen molar-refractivity contribution < 1.29 is 14.4 Å². The molecule has 3 heterocycles. The van der Waals surface area contributed by atoms with E-state index in [0.717, 1.165) is 22.3 Å². The Kier molecular flexibility index (Phi) is 4.45. The molecule has 5 heteroatoms. The first-order valence-electron chi connectivity index (χ1n) is 11.1. The van der Waals surface area contributed by atoms with Crippen molar-refractivity contribution in [3.8, 4) is 0 Å². The second-order valence-corrected chi connectivity index (χ2v) is 10.2. The third kappa shape index (κ3) is 2.80. The van der Waals surface area contributed by atoms with Gasteiger partial charge in [0.1, 0.15) is 6.04 Å². The lowest BCUT2D eigenvalue weighted by Crippen LogP contribution is -2.47. The lowest BCUT2D eigenvalue weighted by Gasteiger charge is -2.37. The molecule has 0 saturated carbocycles. The lowest BCUT2D eigenvalue weighted by molar-refractivity contribution is -0.135. The van der Waals surface area contributed by atoms with Crippen LogP contribution in [0.25, 0.3) is 6.08 Å². The first-order valence-corrected chi connectivity index (χ1v) is 11.1. The van der Waals surface area contributed by atoms with Crippen molar-refractivity contribution in [3.05, 3.63) is 70.9 Å². The van der Waals surface area contributed by atoms with Crippen LogP contribution in [0.4, 0.5) is 5.69 Å². The van der Waals surface area contributed by atoms with Crippen LogP contribution in [-0.2, 0) is 14.4 Å². The Balaban J connectivity index is 1.68. The summed E-state index contributed by atoms with van der Waals surface area (Å²) in [6, 6.07) is 12.7. The summed E-state index contributed by atoms with van der Waals surface area (Å²) in [4.78, 5) is 44.6. The molecule has 3 aliphatic rings. The molecule has 2 saturated heterocycles. The molecule has 0 aromatic heterocycles. The summed E-state index contributed by atoms with van der Waals surface area (Å²) in [6.45, 7) is 9.54. The minimum atomic E-state index is -0.698. The van der Waals surface area contributed by atoms with E-state index < -0.39 is 23.3 Å². The van der Waals surface area contributed by atoms with Crippen molar-refractivity contribution in [2.45, 2.75) is 46.7 Å². The Bertz CT molecular complexity index is 1190. The number of hydrogen-bond acceptors (Lipinski definition) is 4. The molecule has 0 spiro atoms. The summed E-state index contributed by atoms with van der Waals surface area (Å²) in [5, 5.41) is 0. The molecule has 4 atom stereocenters. The number of aryl methyl sites for hydroxylation is 2. The summed E-state index contributed by atoms with van der Waals surface area (Å²) >= 11 is 0. The third-order valence-electron chi connectivity index (χ3n) is 7.06. The Morgan fingerprint density at radius 1 is 0.938 bits per heavy atom. The van der Waals surface area contributed by atoms with E-state index in [-0.39, 0.29) is 23.6 Å². The van der Waals surface area contributed by atoms with E-state index in [9.17, 15) is 14.4 Å². The topological polar surface area (TPSA) is 57.7 Å². The average molecular weight is 429 g/mol. The van der Waals surface area contributed by atoms with Crippen LogP contribution in [0.3, 0.4) is 0 Å². The predicted octanol–water partition coefficient (Wildman–Crippen LogP) is 4.43. The quantitative estimate of drug-likeness (QED) is 0.664. The first kappa shape index (κ1) is 20.7. The highest BCUT2D eigenvalue weighted by molar-refractivity contribution is 6.24. The highest BCUT2D eigenvalue weighted by Crippen LogP contribution is 2.54. The van der Waals surface area contributed by atoms with Crippen molar-refractivity contribution in [2.75, 3.05) is 4.90 Å². The SMILES string of the molecule is Cc1ccc(N2C(=O)[C@@H]3[C@@H](C2=O)[C@H]2c4ccccc4C=CN2[C@@H]3C(=O)C(C)(C)C)c(C)c1. The zero-order valence-corrected chi connectivity index (χ0v) is 19.1. The van der Waals surface area contributed by atoms with Gasteiger partial charge in [-0.1, -0.05) is 62.7 Å². The number of carbonyl (C=O) groups is 3. The van der Waals surface area contributed by atoms with Crippen molar-refractivity contribution in [1.82, 2.24) is 4.90 Å². The zero-order chi connectivity index (χ0) is 22.9. The Morgan fingerprint density at radius 2 is 1.62 bits per heavy atom. The molecule has 32 heavy (non-hydrogen) atoms. The van der Waals surface area contributed by atoms with Gasteiger partial charge in [0.2, 0.25) is 11.8 Å². The van der Waals surface area contributed by atoms with Gasteiger partial charge in [-0.05, 0) is 42.7 Å². The van der Waals surface area contributed by atoms with Crippen molar-refractivity contribution in [3.63, 3.8) is 0 Å². The number of rotatable bonds is 2. The molecule has 2 aromatic carbocycles. The largest absolute Gasteiger partial charge is 0.359 e. The summed E-state index contributed by atoms with van der Waals surface area (Å²) in [7, 11) is 0. The van der Waals surface area contributed by atoms with Crippen LogP contribution in [0.2, 0.25) is 0 Å². The standard InChI is InChI=1S/C27H28N2O3/c1-15-10-11-19(16(2)14-15)29-25(31)20-21(26(29)32)23(24(30)27(3,4)5)28-13-12-17-8-6-7-9-18(17)22(20)28/h6-14,20-23H,1-5H3/t20-,21-,22-,23+/m1/s1. The molecule has 0 unspecified atom stereocenters. The zero-order valence-electron chi connectivity index (χ0n) is 19.1. The van der Waals surface area contributed by atoms with E-state index in [0.29, 0.717) is 5.69 Å². The summed E-state index contributed by atoms with van der Waals surface area (Å²) in [5.41, 5.74) is 3.97. The van der Waals surface area contributed by atoms with Crippen LogP contribution in [0, 0.1) is 31.1 Å². The van der Waals surface area contributed by atoms with Gasteiger partial charge in [0.15, 0.2) is 5.78 Å². The summed E-state index contributed by atoms with van der Waals surface area (Å²) in [5.74, 6) is -1.78. The van der Waals surface area contributed by atoms with Crippen LogP contribution < -0.4 is 4.90 Å². The molecule has 2 fully saturated rings. The lowest BCUT2D eigenvalue weighted by atomic mass is 9.79. The number of amides is 2. The van der Waals surface area contributed by atoms with E-state index in [1.807, 2.05) is 94.3 Å². The van der Waals surface area contributed by atoms with E-state index in [2.05, 4.69) is 0 Å². The molecule has 0 bridgehead atoms. The number of hydrogen-bond donors (Lipinski definition) is 0. The molecule has 0 aliphatic carbocycles. The van der Waals surface area contributed by atoms with E-state index in [1.54, 1.807) is 0 Å². The normalized spacial score (nSPS) is 26.3. The van der Waals surface area contributed by atoms with Crippen LogP contribution in [0.5, 0.6) is 0 Å². The molecular weight excluding hydrogens is 400 g/mol. The maximum atomic E-state index is 13.9. The molecule has 164 valence electrons. The monoisotopic (exact) mass is 428 g/mol. The minimum absolute atomic E-state index is 0.0114. The van der Waals surface area contributed by atoms with Crippen LogP contribution in [0.15, 0.2) is 48.7 Å². The average Bonchev–Trinajstić information content (AvgIpc) is 3.20. The van der Waals surface area contributed by atoms with Gasteiger partial charge >= 0.3 is 0 Å². The fourth-order valence-electron chi connectivity index (χ4n) is 5.59. The highest BCUT2D eigenvalue weighted by atomic mass is 16.2. The van der Waals surface area contributed by atoms with Crippen molar-refractivity contribution >= 4 is 29.4 Å². The number of imide groups is 1. The fourth-order valence-corrected chi connectivity index (χ4v) is 5.59. The highest BCUT2D eigenvalue weighted by Gasteiger charge is 2.65. The van der Waals surface area contributed by atoms with Gasteiger partial charge in [0.25, 0.3) is 0 Å². The van der Waals surface area contributed by atoms with E-state index >= 15 is 0 Å². The fraction of sp³-hybridized carbons (Fsp3) is 0.370. The van der Waals surface area contributed by atoms with Gasteiger partial charge < -0.3 is 4.90 Å². The number of fused-ring (bicyclic) bond motifs is 5. The number of carbonyl (C=O) groups excluding carboxylic acids is 3.